The van der Waals surface area contributed by atoms with Crippen molar-refractivity contribution in [2.45, 2.75) is 57.4 Å². The third-order valence-corrected chi connectivity index (χ3v) is 7.56. The Hall–Kier alpha value is -3.52. The molecule has 1 N–H and O–H groups in total. The summed E-state index contributed by atoms with van der Waals surface area (Å²) in [5.74, 6) is 0.825. The minimum Gasteiger partial charge on any atom is -0.306 e. The molecular weight excluding hydrogens is 438 g/mol. The van der Waals surface area contributed by atoms with Crippen molar-refractivity contribution in [3.8, 4) is 5.69 Å². The van der Waals surface area contributed by atoms with Gasteiger partial charge >= 0.3 is 0 Å². The number of rotatable bonds is 5. The first-order valence-electron chi connectivity index (χ1n) is 12.7. The van der Waals surface area contributed by atoms with Gasteiger partial charge in [-0.15, -0.1) is 0 Å². The van der Waals surface area contributed by atoms with Crippen molar-refractivity contribution in [2.75, 3.05) is 18.4 Å². The van der Waals surface area contributed by atoms with Crippen LogP contribution < -0.4 is 5.32 Å². The Balaban J connectivity index is 1.27. The molecule has 1 aliphatic heterocycles. The second-order valence-corrected chi connectivity index (χ2v) is 9.85. The van der Waals surface area contributed by atoms with Gasteiger partial charge in [0.25, 0.3) is 5.91 Å². The summed E-state index contributed by atoms with van der Waals surface area (Å²) < 4.78 is 3.46. The molecule has 180 valence electrons. The fraction of sp³-hybridized carbons (Fsp3) is 0.407. The SMILES string of the molecule is Cc1ccc(-n2nc(C3CCN(C4CCCC4)CC3)cc2NC(=O)c2cnn3cccnc23)cc1. The van der Waals surface area contributed by atoms with E-state index in [1.54, 1.807) is 29.2 Å². The summed E-state index contributed by atoms with van der Waals surface area (Å²) in [5.41, 5.74) is 4.13. The largest absolute Gasteiger partial charge is 0.306 e. The lowest BCUT2D eigenvalue weighted by atomic mass is 9.92. The summed E-state index contributed by atoms with van der Waals surface area (Å²) in [6.07, 6.45) is 12.7. The van der Waals surface area contributed by atoms with Gasteiger partial charge in [0, 0.05) is 30.4 Å². The van der Waals surface area contributed by atoms with E-state index in [1.807, 2.05) is 22.9 Å². The van der Waals surface area contributed by atoms with E-state index in [2.05, 4.69) is 39.4 Å². The lowest BCUT2D eigenvalue weighted by molar-refractivity contribution is 0.102. The molecule has 3 aromatic heterocycles. The molecule has 0 unspecified atom stereocenters. The highest BCUT2D eigenvalue weighted by Gasteiger charge is 2.29. The van der Waals surface area contributed by atoms with Crippen molar-refractivity contribution < 1.29 is 4.79 Å². The van der Waals surface area contributed by atoms with Crippen molar-refractivity contribution in [1.29, 1.82) is 0 Å². The highest BCUT2D eigenvalue weighted by Crippen LogP contribution is 2.33. The zero-order valence-corrected chi connectivity index (χ0v) is 20.1. The molecule has 6 rings (SSSR count). The third-order valence-electron chi connectivity index (χ3n) is 7.56. The van der Waals surface area contributed by atoms with Gasteiger partial charge < -0.3 is 10.2 Å². The number of likely N-dealkylation sites (tertiary alicyclic amines) is 1. The maximum Gasteiger partial charge on any atom is 0.262 e. The maximum absolute atomic E-state index is 13.3. The Labute approximate surface area is 205 Å². The fourth-order valence-electron chi connectivity index (χ4n) is 5.57. The standard InChI is InChI=1S/C27H31N7O/c1-19-7-9-22(10-8-19)34-25(30-27(35)23-18-29-33-14-4-13-28-26(23)33)17-24(31-34)20-11-15-32(16-12-20)21-5-2-3-6-21/h4,7-10,13-14,17-18,20-21H,2-3,5-6,11-12,15-16H2,1H3,(H,30,35). The molecule has 0 radical (unpaired) electrons. The number of carbonyl (C=O) groups is 1. The minimum absolute atomic E-state index is 0.241. The van der Waals surface area contributed by atoms with E-state index >= 15 is 0 Å². The van der Waals surface area contributed by atoms with Crippen LogP contribution in [0, 0.1) is 6.92 Å². The predicted molar refractivity (Wildman–Crippen MR) is 135 cm³/mol. The van der Waals surface area contributed by atoms with Crippen LogP contribution in [0.4, 0.5) is 5.82 Å². The molecule has 1 aliphatic carbocycles. The van der Waals surface area contributed by atoms with Crippen LogP contribution >= 0.6 is 0 Å². The quantitative estimate of drug-likeness (QED) is 0.462. The van der Waals surface area contributed by atoms with Crippen molar-refractivity contribution in [2.24, 2.45) is 0 Å². The van der Waals surface area contributed by atoms with Crippen LogP contribution in [0.1, 0.15) is 66.1 Å². The summed E-state index contributed by atoms with van der Waals surface area (Å²) in [4.78, 5) is 20.3. The lowest BCUT2D eigenvalue weighted by Gasteiger charge is -2.35. The molecule has 2 aliphatic rings. The molecular formula is C27H31N7O. The van der Waals surface area contributed by atoms with E-state index in [-0.39, 0.29) is 5.91 Å². The summed E-state index contributed by atoms with van der Waals surface area (Å²) in [5, 5.41) is 12.3. The number of aromatic nitrogens is 5. The molecule has 35 heavy (non-hydrogen) atoms. The number of nitrogens with zero attached hydrogens (tertiary/aromatic N) is 6. The number of hydrogen-bond donors (Lipinski definition) is 1. The zero-order chi connectivity index (χ0) is 23.8. The third kappa shape index (κ3) is 4.34. The van der Waals surface area contributed by atoms with Gasteiger partial charge in [-0.05, 0) is 63.9 Å². The van der Waals surface area contributed by atoms with Gasteiger partial charge in [0.15, 0.2) is 5.65 Å². The molecule has 8 nitrogen and oxygen atoms in total. The molecule has 0 atom stereocenters. The van der Waals surface area contributed by atoms with Crippen molar-refractivity contribution in [3.05, 3.63) is 71.8 Å². The number of aryl methyl sites for hydroxylation is 1. The van der Waals surface area contributed by atoms with Gasteiger partial charge in [-0.25, -0.2) is 14.2 Å². The Kier molecular flexibility index (Phi) is 5.82. The Morgan fingerprint density at radius 1 is 1.06 bits per heavy atom. The van der Waals surface area contributed by atoms with Gasteiger partial charge in [0.1, 0.15) is 11.4 Å². The summed E-state index contributed by atoms with van der Waals surface area (Å²) in [7, 11) is 0. The zero-order valence-electron chi connectivity index (χ0n) is 20.1. The molecule has 2 fully saturated rings. The Morgan fingerprint density at radius 2 is 1.83 bits per heavy atom. The van der Waals surface area contributed by atoms with E-state index in [0.29, 0.717) is 22.9 Å². The number of carbonyl (C=O) groups excluding carboxylic acids is 1. The van der Waals surface area contributed by atoms with Crippen molar-refractivity contribution in [3.63, 3.8) is 0 Å². The minimum atomic E-state index is -0.241. The van der Waals surface area contributed by atoms with Crippen LogP contribution in [0.5, 0.6) is 0 Å². The highest BCUT2D eigenvalue weighted by molar-refractivity contribution is 6.07. The predicted octanol–water partition coefficient (Wildman–Crippen LogP) is 4.60. The molecule has 0 spiro atoms. The number of hydrogen-bond acceptors (Lipinski definition) is 5. The highest BCUT2D eigenvalue weighted by atomic mass is 16.1. The smallest absolute Gasteiger partial charge is 0.262 e. The Bertz CT molecular complexity index is 1330. The average Bonchev–Trinajstić information content (AvgIpc) is 3.65. The fourth-order valence-corrected chi connectivity index (χ4v) is 5.57. The van der Waals surface area contributed by atoms with Crippen LogP contribution in [0.15, 0.2) is 55.0 Å². The summed E-state index contributed by atoms with van der Waals surface area (Å²) >= 11 is 0. The van der Waals surface area contributed by atoms with E-state index < -0.39 is 0 Å². The first kappa shape index (κ1) is 22.0. The van der Waals surface area contributed by atoms with E-state index in [4.69, 9.17) is 5.10 Å². The van der Waals surface area contributed by atoms with Crippen LogP contribution in [-0.4, -0.2) is 54.3 Å². The molecule has 8 heteroatoms. The number of anilines is 1. The topological polar surface area (TPSA) is 80.4 Å². The first-order chi connectivity index (χ1) is 17.2. The maximum atomic E-state index is 13.3. The molecule has 1 amide bonds. The van der Waals surface area contributed by atoms with Crippen molar-refractivity contribution in [1.82, 2.24) is 29.3 Å². The number of benzene rings is 1. The van der Waals surface area contributed by atoms with Gasteiger partial charge in [-0.2, -0.15) is 10.2 Å². The van der Waals surface area contributed by atoms with Crippen LogP contribution in [0.25, 0.3) is 11.3 Å². The van der Waals surface area contributed by atoms with Crippen LogP contribution in [0.2, 0.25) is 0 Å². The Morgan fingerprint density at radius 3 is 2.60 bits per heavy atom. The number of amides is 1. The van der Waals surface area contributed by atoms with E-state index in [1.165, 1.54) is 31.2 Å². The molecule has 0 bridgehead atoms. The molecule has 1 saturated carbocycles. The van der Waals surface area contributed by atoms with Gasteiger partial charge in [0.05, 0.1) is 17.6 Å². The molecule has 4 heterocycles. The van der Waals surface area contributed by atoms with Gasteiger partial charge in [-0.3, -0.25) is 4.79 Å². The van der Waals surface area contributed by atoms with Crippen LogP contribution in [-0.2, 0) is 0 Å². The van der Waals surface area contributed by atoms with E-state index in [9.17, 15) is 4.79 Å². The van der Waals surface area contributed by atoms with Crippen LogP contribution in [0.3, 0.4) is 0 Å². The summed E-state index contributed by atoms with van der Waals surface area (Å²) in [6, 6.07) is 12.8. The number of fused-ring (bicyclic) bond motifs is 1. The molecule has 4 aromatic rings. The first-order valence-corrected chi connectivity index (χ1v) is 12.7. The number of piperidine rings is 1. The normalized spacial score (nSPS) is 17.9. The monoisotopic (exact) mass is 469 g/mol. The van der Waals surface area contributed by atoms with Gasteiger partial charge in [-0.1, -0.05) is 30.5 Å². The average molecular weight is 470 g/mol. The summed E-state index contributed by atoms with van der Waals surface area (Å²) in [6.45, 7) is 4.32. The molecule has 1 aromatic carbocycles. The molecule has 1 saturated heterocycles. The van der Waals surface area contributed by atoms with Crippen molar-refractivity contribution >= 4 is 17.4 Å². The number of nitrogens with one attached hydrogen (secondary N) is 1. The second kappa shape index (κ2) is 9.26. The second-order valence-electron chi connectivity index (χ2n) is 9.85. The van der Waals surface area contributed by atoms with E-state index in [0.717, 1.165) is 43.4 Å². The van der Waals surface area contributed by atoms with Gasteiger partial charge in [0.2, 0.25) is 0 Å². The lowest BCUT2D eigenvalue weighted by Crippen LogP contribution is -2.39.